The van der Waals surface area contributed by atoms with E-state index < -0.39 is 21.6 Å². The fraction of sp³-hybridized carbons (Fsp3) is 0.350. The summed E-state index contributed by atoms with van der Waals surface area (Å²) in [5.74, 6) is -1.26. The van der Waals surface area contributed by atoms with Crippen molar-refractivity contribution in [1.29, 1.82) is 0 Å². The van der Waals surface area contributed by atoms with Gasteiger partial charge in [-0.3, -0.25) is 4.79 Å². The van der Waals surface area contributed by atoms with Gasteiger partial charge in [-0.15, -0.1) is 0 Å². The number of sulfone groups is 1. The van der Waals surface area contributed by atoms with Crippen LogP contribution in [-0.4, -0.2) is 52.5 Å². The third-order valence-corrected chi connectivity index (χ3v) is 6.74. The highest BCUT2D eigenvalue weighted by atomic mass is 32.2. The van der Waals surface area contributed by atoms with Crippen molar-refractivity contribution in [2.24, 2.45) is 5.73 Å². The summed E-state index contributed by atoms with van der Waals surface area (Å²) in [6.07, 6.45) is 0.788. The van der Waals surface area contributed by atoms with E-state index in [1.54, 1.807) is 12.1 Å². The van der Waals surface area contributed by atoms with Crippen LogP contribution in [0.5, 0.6) is 0 Å². The number of primary amides is 1. The van der Waals surface area contributed by atoms with E-state index in [1.807, 2.05) is 0 Å². The summed E-state index contributed by atoms with van der Waals surface area (Å²) < 4.78 is 39.6. The van der Waals surface area contributed by atoms with Gasteiger partial charge in [-0.2, -0.15) is 0 Å². The van der Waals surface area contributed by atoms with Crippen molar-refractivity contribution in [3.8, 4) is 0 Å². The van der Waals surface area contributed by atoms with E-state index in [0.717, 1.165) is 44.4 Å². The number of likely N-dealkylation sites (N-methyl/N-ethyl adjacent to an activating group) is 1. The zero-order valence-electron chi connectivity index (χ0n) is 15.8. The molecule has 1 aliphatic rings. The second-order valence-electron chi connectivity index (χ2n) is 7.04. The van der Waals surface area contributed by atoms with Gasteiger partial charge in [0.15, 0.2) is 0 Å². The van der Waals surface area contributed by atoms with Crippen LogP contribution < -0.4 is 10.6 Å². The topological polar surface area (TPSA) is 83.7 Å². The Balaban J connectivity index is 2.03. The zero-order valence-corrected chi connectivity index (χ0v) is 16.6. The lowest BCUT2D eigenvalue weighted by Crippen LogP contribution is -2.29. The van der Waals surface area contributed by atoms with Crippen LogP contribution in [0.2, 0.25) is 0 Å². The third kappa shape index (κ3) is 4.51. The lowest BCUT2D eigenvalue weighted by atomic mass is 10.1. The molecule has 0 spiro atoms. The number of hydrogen-bond acceptors (Lipinski definition) is 5. The first-order valence-corrected chi connectivity index (χ1v) is 10.6. The molecule has 0 aromatic heterocycles. The molecule has 2 N–H and O–H groups in total. The number of nitrogens with zero attached hydrogens (tertiary/aromatic N) is 2. The molecular weight excluding hydrogens is 381 g/mol. The van der Waals surface area contributed by atoms with Gasteiger partial charge < -0.3 is 15.5 Å². The predicted octanol–water partition coefficient (Wildman–Crippen LogP) is 1.83. The summed E-state index contributed by atoms with van der Waals surface area (Å²) in [6, 6.07) is 9.78. The van der Waals surface area contributed by atoms with Gasteiger partial charge in [-0.05, 0) is 62.0 Å². The van der Waals surface area contributed by atoms with Crippen molar-refractivity contribution in [1.82, 2.24) is 4.90 Å². The summed E-state index contributed by atoms with van der Waals surface area (Å²) in [6.45, 7) is 3.55. The number of carbonyl (C=O) groups excluding carboxylic acids is 1. The van der Waals surface area contributed by atoms with Crippen molar-refractivity contribution in [3.05, 3.63) is 53.8 Å². The SMILES string of the molecule is CN1CCCN(c2ccc(S(=O)(=O)c3cccc(F)c3)c(CC(N)=O)c2)CC1. The Bertz CT molecular complexity index is 978. The second-order valence-corrected chi connectivity index (χ2v) is 8.96. The largest absolute Gasteiger partial charge is 0.370 e. The van der Waals surface area contributed by atoms with Crippen LogP contribution >= 0.6 is 0 Å². The Hall–Kier alpha value is -2.45. The number of nitrogens with two attached hydrogens (primary N) is 1. The highest BCUT2D eigenvalue weighted by Crippen LogP contribution is 2.29. The van der Waals surface area contributed by atoms with Crippen molar-refractivity contribution in [3.63, 3.8) is 0 Å². The first-order chi connectivity index (χ1) is 13.3. The number of anilines is 1. The molecular formula is C20H24FN3O3S. The average molecular weight is 405 g/mol. The van der Waals surface area contributed by atoms with E-state index in [-0.39, 0.29) is 16.2 Å². The Labute approximate surface area is 164 Å². The number of hydrogen-bond donors (Lipinski definition) is 1. The number of rotatable bonds is 5. The van der Waals surface area contributed by atoms with Gasteiger partial charge in [0.1, 0.15) is 5.82 Å². The molecule has 0 unspecified atom stereocenters. The standard InChI is InChI=1S/C20H24FN3O3S/c1-23-8-3-9-24(11-10-23)17-6-7-19(15(12-17)13-20(22)25)28(26,27)18-5-2-4-16(21)14-18/h2,4-7,12,14H,3,8-11,13H2,1H3,(H2,22,25). The number of amides is 1. The van der Waals surface area contributed by atoms with Gasteiger partial charge in [0.2, 0.25) is 15.7 Å². The minimum absolute atomic E-state index is 0.0208. The van der Waals surface area contributed by atoms with Gasteiger partial charge in [-0.1, -0.05) is 6.07 Å². The summed E-state index contributed by atoms with van der Waals surface area (Å²) in [5, 5.41) is 0. The van der Waals surface area contributed by atoms with Crippen LogP contribution in [0.25, 0.3) is 0 Å². The molecule has 0 radical (unpaired) electrons. The minimum Gasteiger partial charge on any atom is -0.370 e. The van der Waals surface area contributed by atoms with Crippen molar-refractivity contribution in [2.75, 3.05) is 38.1 Å². The zero-order chi connectivity index (χ0) is 20.3. The molecule has 1 aliphatic heterocycles. The van der Waals surface area contributed by atoms with Gasteiger partial charge in [0, 0.05) is 25.3 Å². The molecule has 0 aliphatic carbocycles. The highest BCUT2D eigenvalue weighted by Gasteiger charge is 2.24. The summed E-state index contributed by atoms with van der Waals surface area (Å²) >= 11 is 0. The van der Waals surface area contributed by atoms with Crippen LogP contribution in [0.4, 0.5) is 10.1 Å². The summed E-state index contributed by atoms with van der Waals surface area (Å²) in [7, 11) is -1.91. The molecule has 0 bridgehead atoms. The van der Waals surface area contributed by atoms with E-state index in [9.17, 15) is 17.6 Å². The van der Waals surface area contributed by atoms with E-state index in [2.05, 4.69) is 16.8 Å². The molecule has 0 atom stereocenters. The quantitative estimate of drug-likeness (QED) is 0.821. The van der Waals surface area contributed by atoms with Crippen LogP contribution in [0.3, 0.4) is 0 Å². The monoisotopic (exact) mass is 405 g/mol. The first-order valence-electron chi connectivity index (χ1n) is 9.13. The van der Waals surface area contributed by atoms with Crippen molar-refractivity contribution >= 4 is 21.4 Å². The smallest absolute Gasteiger partial charge is 0.221 e. The Morgan fingerprint density at radius 1 is 1.11 bits per heavy atom. The Kier molecular flexibility index (Phi) is 6.00. The molecule has 1 fully saturated rings. The van der Waals surface area contributed by atoms with Crippen LogP contribution in [-0.2, 0) is 21.1 Å². The molecule has 6 nitrogen and oxygen atoms in total. The molecule has 3 rings (SSSR count). The third-order valence-electron chi connectivity index (χ3n) is 4.89. The Morgan fingerprint density at radius 3 is 2.61 bits per heavy atom. The minimum atomic E-state index is -3.98. The van der Waals surface area contributed by atoms with E-state index in [1.165, 1.54) is 24.3 Å². The maximum Gasteiger partial charge on any atom is 0.221 e. The van der Waals surface area contributed by atoms with E-state index in [4.69, 9.17) is 5.73 Å². The number of carbonyl (C=O) groups is 1. The molecule has 28 heavy (non-hydrogen) atoms. The molecule has 8 heteroatoms. The molecule has 2 aromatic carbocycles. The van der Waals surface area contributed by atoms with E-state index in [0.29, 0.717) is 5.56 Å². The lowest BCUT2D eigenvalue weighted by molar-refractivity contribution is -0.117. The van der Waals surface area contributed by atoms with Crippen molar-refractivity contribution in [2.45, 2.75) is 22.6 Å². The predicted molar refractivity (Wildman–Crippen MR) is 106 cm³/mol. The molecule has 1 saturated heterocycles. The Morgan fingerprint density at radius 2 is 1.89 bits per heavy atom. The van der Waals surface area contributed by atoms with E-state index >= 15 is 0 Å². The lowest BCUT2D eigenvalue weighted by Gasteiger charge is -2.24. The average Bonchev–Trinajstić information content (AvgIpc) is 2.85. The van der Waals surface area contributed by atoms with Gasteiger partial charge in [0.05, 0.1) is 16.2 Å². The highest BCUT2D eigenvalue weighted by molar-refractivity contribution is 7.91. The summed E-state index contributed by atoms with van der Waals surface area (Å²) in [4.78, 5) is 15.8. The van der Waals surface area contributed by atoms with Crippen LogP contribution in [0.1, 0.15) is 12.0 Å². The number of benzene rings is 2. The maximum absolute atomic E-state index is 13.6. The maximum atomic E-state index is 13.6. The molecule has 0 saturated carbocycles. The number of halogens is 1. The van der Waals surface area contributed by atoms with Gasteiger partial charge in [0.25, 0.3) is 0 Å². The fourth-order valence-corrected chi connectivity index (χ4v) is 4.92. The molecule has 150 valence electrons. The normalized spacial score (nSPS) is 16.0. The first kappa shape index (κ1) is 20.3. The fourth-order valence-electron chi connectivity index (χ4n) is 3.42. The molecule has 1 heterocycles. The summed E-state index contributed by atoms with van der Waals surface area (Å²) in [5.41, 5.74) is 6.53. The molecule has 1 amide bonds. The molecule has 2 aromatic rings. The van der Waals surface area contributed by atoms with Crippen LogP contribution in [0.15, 0.2) is 52.3 Å². The second kappa shape index (κ2) is 8.28. The van der Waals surface area contributed by atoms with Crippen molar-refractivity contribution < 1.29 is 17.6 Å². The van der Waals surface area contributed by atoms with Gasteiger partial charge >= 0.3 is 0 Å². The van der Waals surface area contributed by atoms with Gasteiger partial charge in [-0.25, -0.2) is 12.8 Å². The van der Waals surface area contributed by atoms with Crippen LogP contribution in [0, 0.1) is 5.82 Å².